The van der Waals surface area contributed by atoms with Gasteiger partial charge in [0, 0.05) is 69.0 Å². The molecule has 2 aromatic heterocycles. The average molecular weight is 473 g/mol. The van der Waals surface area contributed by atoms with Crippen molar-refractivity contribution < 1.29 is 4.79 Å². The van der Waals surface area contributed by atoms with Crippen LogP contribution >= 0.6 is 0 Å². The molecule has 1 saturated heterocycles. The van der Waals surface area contributed by atoms with Gasteiger partial charge in [-0.1, -0.05) is 12.1 Å². The molecule has 0 aliphatic carbocycles. The fraction of sp³-hybridized carbons (Fsp3) is 0.385. The zero-order valence-electron chi connectivity index (χ0n) is 20.1. The standard InChI is InChI=1S/C26H32N8O/c1-19-16-33-12-13-34(19)18-25(35)28-10-3-9-27-24-7-6-21(15-30-24)23-8-11-29-26(32-23)31-22-5-2-4-20(14-22)17-33/h2,4-8,11,14-15,19H,3,9-10,12-13,16-18H2,1H3,(H,27,30)(H,28,35)(H,29,31,32). The number of amides is 1. The van der Waals surface area contributed by atoms with E-state index in [2.05, 4.69) is 60.8 Å². The third kappa shape index (κ3) is 6.12. The maximum atomic E-state index is 12.5. The van der Waals surface area contributed by atoms with Crippen molar-refractivity contribution in [2.45, 2.75) is 25.9 Å². The second-order valence-corrected chi connectivity index (χ2v) is 9.21. The van der Waals surface area contributed by atoms with E-state index in [1.807, 2.05) is 30.5 Å². The molecule has 3 atom stereocenters. The van der Waals surface area contributed by atoms with E-state index in [1.54, 1.807) is 6.20 Å². The van der Waals surface area contributed by atoms with Crippen LogP contribution < -0.4 is 16.0 Å². The number of pyridine rings is 1. The van der Waals surface area contributed by atoms with Crippen LogP contribution in [0.4, 0.5) is 17.5 Å². The number of anilines is 3. The Morgan fingerprint density at radius 3 is 2.77 bits per heavy atom. The van der Waals surface area contributed by atoms with E-state index in [0.29, 0.717) is 25.1 Å². The first kappa shape index (κ1) is 23.2. The Balaban J connectivity index is 1.37. The predicted molar refractivity (Wildman–Crippen MR) is 137 cm³/mol. The van der Waals surface area contributed by atoms with E-state index < -0.39 is 0 Å². The van der Waals surface area contributed by atoms with Crippen LogP contribution in [0.2, 0.25) is 0 Å². The highest BCUT2D eigenvalue weighted by molar-refractivity contribution is 5.78. The van der Waals surface area contributed by atoms with Crippen molar-refractivity contribution in [2.24, 2.45) is 0 Å². The second-order valence-electron chi connectivity index (χ2n) is 9.21. The molecule has 0 radical (unpaired) electrons. The van der Waals surface area contributed by atoms with Crippen molar-refractivity contribution >= 4 is 23.4 Å². The molecular formula is C26H32N8O. The highest BCUT2D eigenvalue weighted by Crippen LogP contribution is 2.21. The van der Waals surface area contributed by atoms with Crippen molar-refractivity contribution in [3.8, 4) is 11.3 Å². The lowest BCUT2D eigenvalue weighted by Gasteiger charge is -2.39. The fourth-order valence-electron chi connectivity index (χ4n) is 4.59. The molecule has 0 spiro atoms. The number of carbonyl (C=O) groups excluding carboxylic acids is 1. The Kier molecular flexibility index (Phi) is 7.15. The number of nitrogens with one attached hydrogen (secondary N) is 3. The van der Waals surface area contributed by atoms with E-state index in [4.69, 9.17) is 4.98 Å². The summed E-state index contributed by atoms with van der Waals surface area (Å²) in [5.41, 5.74) is 3.92. The lowest BCUT2D eigenvalue weighted by atomic mass is 10.1. The number of piperazine rings is 1. The summed E-state index contributed by atoms with van der Waals surface area (Å²) in [6.45, 7) is 7.66. The molecule has 3 N–H and O–H groups in total. The third-order valence-corrected chi connectivity index (χ3v) is 6.48. The summed E-state index contributed by atoms with van der Waals surface area (Å²) in [7, 11) is 0. The second kappa shape index (κ2) is 10.8. The number of carbonyl (C=O) groups is 1. The molecule has 182 valence electrons. The number of rotatable bonds is 0. The van der Waals surface area contributed by atoms with E-state index in [-0.39, 0.29) is 5.91 Å². The molecule has 7 heterocycles. The molecule has 1 aromatic carbocycles. The lowest BCUT2D eigenvalue weighted by molar-refractivity contribution is -0.123. The Bertz CT molecular complexity index is 1150. The SMILES string of the molecule is CC1CN2CCN1CC(=O)NCCCNc1ccc(cn1)-c1ccnc(n1)Nc1cccc(c1)C2. The van der Waals surface area contributed by atoms with Gasteiger partial charge in [-0.15, -0.1) is 0 Å². The average Bonchev–Trinajstić information content (AvgIpc) is 2.86. The van der Waals surface area contributed by atoms with Crippen LogP contribution in [0.25, 0.3) is 11.3 Å². The maximum Gasteiger partial charge on any atom is 0.234 e. The summed E-state index contributed by atoms with van der Waals surface area (Å²) >= 11 is 0. The molecule has 1 amide bonds. The molecule has 0 saturated carbocycles. The minimum absolute atomic E-state index is 0.0906. The Morgan fingerprint density at radius 2 is 1.91 bits per heavy atom. The maximum absolute atomic E-state index is 12.5. The molecule has 9 nitrogen and oxygen atoms in total. The molecule has 9 heteroatoms. The summed E-state index contributed by atoms with van der Waals surface area (Å²) in [6.07, 6.45) is 4.40. The van der Waals surface area contributed by atoms with E-state index >= 15 is 0 Å². The van der Waals surface area contributed by atoms with Gasteiger partial charge in [0.1, 0.15) is 5.82 Å². The number of hydrogen-bond acceptors (Lipinski definition) is 8. The van der Waals surface area contributed by atoms with Crippen LogP contribution in [-0.4, -0.2) is 76.0 Å². The predicted octanol–water partition coefficient (Wildman–Crippen LogP) is 2.72. The highest BCUT2D eigenvalue weighted by atomic mass is 16.2. The minimum Gasteiger partial charge on any atom is -0.370 e. The zero-order chi connectivity index (χ0) is 24.0. The van der Waals surface area contributed by atoms with Gasteiger partial charge in [0.05, 0.1) is 12.2 Å². The summed E-state index contributed by atoms with van der Waals surface area (Å²) in [6, 6.07) is 14.5. The molecule has 35 heavy (non-hydrogen) atoms. The smallest absolute Gasteiger partial charge is 0.234 e. The van der Waals surface area contributed by atoms with Crippen molar-refractivity contribution in [3.05, 3.63) is 60.4 Å². The van der Waals surface area contributed by atoms with Crippen LogP contribution in [0.5, 0.6) is 0 Å². The van der Waals surface area contributed by atoms with Gasteiger partial charge in [-0.05, 0) is 49.2 Å². The largest absolute Gasteiger partial charge is 0.370 e. The Labute approximate surface area is 206 Å². The first-order valence-electron chi connectivity index (χ1n) is 12.2. The quantitative estimate of drug-likeness (QED) is 0.460. The summed E-state index contributed by atoms with van der Waals surface area (Å²) < 4.78 is 0. The monoisotopic (exact) mass is 472 g/mol. The van der Waals surface area contributed by atoms with Crippen molar-refractivity contribution in [3.63, 3.8) is 0 Å². The number of benzene rings is 1. The third-order valence-electron chi connectivity index (χ3n) is 6.48. The molecule has 5 aliphatic heterocycles. The summed E-state index contributed by atoms with van der Waals surface area (Å²) in [5, 5.41) is 9.72. The van der Waals surface area contributed by atoms with Gasteiger partial charge in [-0.25, -0.2) is 15.0 Å². The normalized spacial score (nSPS) is 23.1. The highest BCUT2D eigenvalue weighted by Gasteiger charge is 2.25. The molecule has 3 unspecified atom stereocenters. The van der Waals surface area contributed by atoms with Crippen LogP contribution in [0.15, 0.2) is 54.9 Å². The van der Waals surface area contributed by atoms with Gasteiger partial charge < -0.3 is 16.0 Å². The van der Waals surface area contributed by atoms with Crippen LogP contribution in [0.1, 0.15) is 18.9 Å². The molecule has 8 bridgehead atoms. The zero-order valence-corrected chi connectivity index (χ0v) is 20.1. The molecule has 3 aromatic rings. The van der Waals surface area contributed by atoms with Crippen molar-refractivity contribution in [1.29, 1.82) is 0 Å². The number of hydrogen-bond donors (Lipinski definition) is 3. The Hall–Kier alpha value is -3.56. The number of aromatic nitrogens is 3. The van der Waals surface area contributed by atoms with Gasteiger partial charge in [-0.3, -0.25) is 14.6 Å². The van der Waals surface area contributed by atoms with Crippen molar-refractivity contribution in [2.75, 3.05) is 49.9 Å². The first-order chi connectivity index (χ1) is 17.1. The lowest BCUT2D eigenvalue weighted by Crippen LogP contribution is -2.54. The van der Waals surface area contributed by atoms with Gasteiger partial charge in [-0.2, -0.15) is 0 Å². The van der Waals surface area contributed by atoms with E-state index in [9.17, 15) is 4.79 Å². The van der Waals surface area contributed by atoms with Crippen LogP contribution in [0, 0.1) is 0 Å². The first-order valence-corrected chi connectivity index (χ1v) is 12.2. The Morgan fingerprint density at radius 1 is 1.00 bits per heavy atom. The van der Waals surface area contributed by atoms with Gasteiger partial charge >= 0.3 is 0 Å². The van der Waals surface area contributed by atoms with Gasteiger partial charge in [0.2, 0.25) is 11.9 Å². The topological polar surface area (TPSA) is 98.3 Å². The van der Waals surface area contributed by atoms with Crippen LogP contribution in [-0.2, 0) is 11.3 Å². The summed E-state index contributed by atoms with van der Waals surface area (Å²) in [4.78, 5) is 30.8. The molecule has 8 rings (SSSR count). The van der Waals surface area contributed by atoms with Gasteiger partial charge in [0.25, 0.3) is 0 Å². The summed E-state index contributed by atoms with van der Waals surface area (Å²) in [5.74, 6) is 1.45. The minimum atomic E-state index is 0.0906. The van der Waals surface area contributed by atoms with E-state index in [1.165, 1.54) is 5.56 Å². The van der Waals surface area contributed by atoms with Crippen molar-refractivity contribution in [1.82, 2.24) is 30.1 Å². The van der Waals surface area contributed by atoms with Gasteiger partial charge in [0.15, 0.2) is 0 Å². The molecular weight excluding hydrogens is 440 g/mol. The van der Waals surface area contributed by atoms with Crippen LogP contribution in [0.3, 0.4) is 0 Å². The van der Waals surface area contributed by atoms with E-state index in [0.717, 1.165) is 61.9 Å². The number of nitrogens with zero attached hydrogens (tertiary/aromatic N) is 5. The molecule has 5 aliphatic rings. The fourth-order valence-corrected chi connectivity index (χ4v) is 4.59. The molecule has 1 fully saturated rings.